The molecule has 7 heteroatoms. The second kappa shape index (κ2) is 10.8. The van der Waals surface area contributed by atoms with Crippen molar-refractivity contribution < 1.29 is 9.53 Å². The molecule has 1 amide bonds. The van der Waals surface area contributed by atoms with E-state index in [9.17, 15) is 4.79 Å². The highest BCUT2D eigenvalue weighted by Gasteiger charge is 2.14. The number of nitrogens with one attached hydrogen (secondary N) is 3. The Morgan fingerprint density at radius 3 is 2.48 bits per heavy atom. The number of pyridine rings is 1. The normalized spacial score (nSPS) is 12.0. The number of rotatable bonds is 7. The molecule has 3 aromatic rings. The van der Waals surface area contributed by atoms with Gasteiger partial charge in [0.05, 0.1) is 24.7 Å². The van der Waals surface area contributed by atoms with Gasteiger partial charge in [0, 0.05) is 22.8 Å². The Hall–Kier alpha value is -3.61. The van der Waals surface area contributed by atoms with E-state index >= 15 is 0 Å². The highest BCUT2D eigenvalue weighted by molar-refractivity contribution is 5.96. The minimum atomic E-state index is -0.301. The summed E-state index contributed by atoms with van der Waals surface area (Å²) in [6.07, 6.45) is 1.89. The van der Waals surface area contributed by atoms with Gasteiger partial charge in [0.25, 0.3) is 0 Å². The Kier molecular flexibility index (Phi) is 7.87. The number of carbonyl (C=O) groups excluding carboxylic acids is 1. The van der Waals surface area contributed by atoms with Crippen molar-refractivity contribution in [1.82, 2.24) is 15.6 Å². The quantitative estimate of drug-likeness (QED) is 0.367. The predicted molar refractivity (Wildman–Crippen MR) is 135 cm³/mol. The number of carbonyl (C=O) groups is 1. The van der Waals surface area contributed by atoms with Crippen molar-refractivity contribution in [2.24, 2.45) is 4.99 Å². The number of hydrogen-bond acceptors (Lipinski definition) is 4. The van der Waals surface area contributed by atoms with Crippen LogP contribution in [0.2, 0.25) is 0 Å². The van der Waals surface area contributed by atoms with Gasteiger partial charge in [-0.05, 0) is 70.5 Å². The third-order valence-corrected chi connectivity index (χ3v) is 4.54. The molecule has 0 spiro atoms. The van der Waals surface area contributed by atoms with Crippen LogP contribution in [-0.4, -0.2) is 35.0 Å². The molecule has 33 heavy (non-hydrogen) atoms. The van der Waals surface area contributed by atoms with Gasteiger partial charge in [0.2, 0.25) is 5.91 Å². The molecule has 3 N–H and O–H groups in total. The number of hydrogen-bond donors (Lipinski definition) is 3. The molecular formula is C26H33N5O2. The van der Waals surface area contributed by atoms with E-state index in [-0.39, 0.29) is 24.1 Å². The summed E-state index contributed by atoms with van der Waals surface area (Å²) < 4.78 is 5.71. The smallest absolute Gasteiger partial charge is 0.239 e. The van der Waals surface area contributed by atoms with Crippen LogP contribution in [0.25, 0.3) is 10.9 Å². The number of para-hydroxylation sites is 1. The van der Waals surface area contributed by atoms with E-state index in [0.717, 1.165) is 27.9 Å². The summed E-state index contributed by atoms with van der Waals surface area (Å²) in [6.45, 7) is 10.4. The average Bonchev–Trinajstić information content (AvgIpc) is 2.75. The molecule has 1 aromatic heterocycles. The highest BCUT2D eigenvalue weighted by atomic mass is 16.5. The zero-order valence-electron chi connectivity index (χ0n) is 20.0. The Balaban J connectivity index is 1.77. The van der Waals surface area contributed by atoms with Crippen LogP contribution in [0, 0.1) is 0 Å². The maximum atomic E-state index is 12.3. The maximum Gasteiger partial charge on any atom is 0.239 e. The van der Waals surface area contributed by atoms with Crippen LogP contribution >= 0.6 is 0 Å². The molecule has 0 radical (unpaired) electrons. The number of anilines is 1. The van der Waals surface area contributed by atoms with Crippen molar-refractivity contribution in [3.63, 3.8) is 0 Å². The lowest BCUT2D eigenvalue weighted by molar-refractivity contribution is -0.121. The van der Waals surface area contributed by atoms with Crippen LogP contribution in [0.15, 0.2) is 65.8 Å². The Morgan fingerprint density at radius 1 is 1.06 bits per heavy atom. The minimum absolute atomic E-state index is 0.103. The third-order valence-electron chi connectivity index (χ3n) is 4.54. The lowest BCUT2D eigenvalue weighted by Crippen LogP contribution is -2.46. The number of fused-ring (bicyclic) bond motifs is 1. The molecule has 0 aliphatic rings. The van der Waals surface area contributed by atoms with Gasteiger partial charge < -0.3 is 20.7 Å². The number of benzene rings is 2. The van der Waals surface area contributed by atoms with Gasteiger partial charge >= 0.3 is 0 Å². The lowest BCUT2D eigenvalue weighted by Gasteiger charge is -2.21. The zero-order valence-corrected chi connectivity index (χ0v) is 20.0. The van der Waals surface area contributed by atoms with E-state index in [1.807, 2.05) is 89.2 Å². The number of aliphatic imine (C=N–C) groups is 1. The SMILES string of the molecule is CC(C)Oc1ccc(NC(=NCc2cccc3cccnc23)NCC(=O)NC(C)(C)C)cc1. The molecule has 3 rings (SSSR count). The molecule has 0 fully saturated rings. The molecule has 2 aromatic carbocycles. The second-order valence-corrected chi connectivity index (χ2v) is 9.12. The van der Waals surface area contributed by atoms with Crippen molar-refractivity contribution in [2.45, 2.75) is 52.8 Å². The van der Waals surface area contributed by atoms with E-state index in [4.69, 9.17) is 9.73 Å². The van der Waals surface area contributed by atoms with Gasteiger partial charge in [-0.3, -0.25) is 9.78 Å². The van der Waals surface area contributed by atoms with Gasteiger partial charge in [0.1, 0.15) is 5.75 Å². The van der Waals surface area contributed by atoms with Gasteiger partial charge in [-0.25, -0.2) is 4.99 Å². The third kappa shape index (κ3) is 7.79. The van der Waals surface area contributed by atoms with Gasteiger partial charge in [-0.15, -0.1) is 0 Å². The zero-order chi connectivity index (χ0) is 23.8. The van der Waals surface area contributed by atoms with Crippen LogP contribution < -0.4 is 20.7 Å². The van der Waals surface area contributed by atoms with Crippen LogP contribution in [-0.2, 0) is 11.3 Å². The van der Waals surface area contributed by atoms with Crippen LogP contribution in [0.5, 0.6) is 5.75 Å². The van der Waals surface area contributed by atoms with Crippen LogP contribution in [0.3, 0.4) is 0 Å². The summed E-state index contributed by atoms with van der Waals surface area (Å²) in [6, 6.07) is 17.6. The van der Waals surface area contributed by atoms with E-state index in [2.05, 4.69) is 20.9 Å². The fraction of sp³-hybridized carbons (Fsp3) is 0.346. The summed E-state index contributed by atoms with van der Waals surface area (Å²) in [7, 11) is 0. The summed E-state index contributed by atoms with van der Waals surface area (Å²) in [5.74, 6) is 1.20. The van der Waals surface area contributed by atoms with E-state index in [1.54, 1.807) is 6.20 Å². The predicted octanol–water partition coefficient (Wildman–Crippen LogP) is 4.49. The number of ether oxygens (including phenoxy) is 1. The summed E-state index contributed by atoms with van der Waals surface area (Å²) in [4.78, 5) is 21.6. The largest absolute Gasteiger partial charge is 0.491 e. The van der Waals surface area contributed by atoms with Gasteiger partial charge in [-0.2, -0.15) is 0 Å². The number of guanidine groups is 1. The molecular weight excluding hydrogens is 414 g/mol. The molecule has 0 atom stereocenters. The first-order chi connectivity index (χ1) is 15.7. The first-order valence-electron chi connectivity index (χ1n) is 11.2. The lowest BCUT2D eigenvalue weighted by atomic mass is 10.1. The minimum Gasteiger partial charge on any atom is -0.491 e. The molecule has 0 saturated heterocycles. The van der Waals surface area contributed by atoms with E-state index < -0.39 is 0 Å². The topological polar surface area (TPSA) is 87.6 Å². The Morgan fingerprint density at radius 2 is 1.79 bits per heavy atom. The molecule has 1 heterocycles. The first kappa shape index (κ1) is 24.0. The number of amides is 1. The van der Waals surface area contributed by atoms with Crippen molar-refractivity contribution in [3.8, 4) is 5.75 Å². The molecule has 7 nitrogen and oxygen atoms in total. The van der Waals surface area contributed by atoms with Crippen molar-refractivity contribution >= 4 is 28.5 Å². The molecule has 0 unspecified atom stereocenters. The molecule has 174 valence electrons. The molecule has 0 aliphatic carbocycles. The monoisotopic (exact) mass is 447 g/mol. The van der Waals surface area contributed by atoms with Crippen molar-refractivity contribution in [3.05, 3.63) is 66.4 Å². The summed E-state index contributed by atoms with van der Waals surface area (Å²) >= 11 is 0. The van der Waals surface area contributed by atoms with Gasteiger partial charge in [0.15, 0.2) is 5.96 Å². The Bertz CT molecular complexity index is 1100. The molecule has 0 bridgehead atoms. The standard InChI is InChI=1S/C26H33N5O2/c1-18(2)33-22-13-11-21(12-14-22)30-25(29-17-23(32)31-26(3,4)5)28-16-20-9-6-8-19-10-7-15-27-24(19)20/h6-15,18H,16-17H2,1-5H3,(H,31,32)(H2,28,29,30). The number of aromatic nitrogens is 1. The molecule has 0 saturated carbocycles. The van der Waals surface area contributed by atoms with Crippen LogP contribution in [0.4, 0.5) is 5.69 Å². The first-order valence-corrected chi connectivity index (χ1v) is 11.2. The second-order valence-electron chi connectivity index (χ2n) is 9.12. The van der Waals surface area contributed by atoms with Crippen LogP contribution in [0.1, 0.15) is 40.2 Å². The maximum absolute atomic E-state index is 12.3. The van der Waals surface area contributed by atoms with Crippen molar-refractivity contribution in [1.29, 1.82) is 0 Å². The van der Waals surface area contributed by atoms with Crippen molar-refractivity contribution in [2.75, 3.05) is 11.9 Å². The summed E-state index contributed by atoms with van der Waals surface area (Å²) in [5.41, 5.74) is 2.46. The molecule has 0 aliphatic heterocycles. The van der Waals surface area contributed by atoms with Gasteiger partial charge in [-0.1, -0.05) is 24.3 Å². The van der Waals surface area contributed by atoms with E-state index in [0.29, 0.717) is 12.5 Å². The number of nitrogens with zero attached hydrogens (tertiary/aromatic N) is 2. The fourth-order valence-corrected chi connectivity index (χ4v) is 3.25. The highest BCUT2D eigenvalue weighted by Crippen LogP contribution is 2.18. The fourth-order valence-electron chi connectivity index (χ4n) is 3.25. The average molecular weight is 448 g/mol. The summed E-state index contributed by atoms with van der Waals surface area (Å²) in [5, 5.41) is 10.4. The van der Waals surface area contributed by atoms with E-state index in [1.165, 1.54) is 0 Å². The Labute approximate surface area is 195 Å².